The van der Waals surface area contributed by atoms with E-state index in [1.807, 2.05) is 0 Å². The summed E-state index contributed by atoms with van der Waals surface area (Å²) in [4.78, 5) is 0. The smallest absolute Gasteiger partial charge is 0.0540 e. The van der Waals surface area contributed by atoms with Gasteiger partial charge in [0, 0.05) is 0 Å². The number of allylic oxidation sites excluding steroid dienone is 6. The molecule has 1 aliphatic rings. The van der Waals surface area contributed by atoms with Crippen LogP contribution in [0.2, 0.25) is 0 Å². The molecule has 0 saturated heterocycles. The fourth-order valence-corrected chi connectivity index (χ4v) is 2.29. The Balaban J connectivity index is 0.00000180. The summed E-state index contributed by atoms with van der Waals surface area (Å²) < 4.78 is 0. The first-order valence-electron chi connectivity index (χ1n) is 6.88. The Labute approximate surface area is 118 Å². The monoisotopic (exact) mass is 253 g/mol. The van der Waals surface area contributed by atoms with Crippen LogP contribution in [0.15, 0.2) is 60.2 Å². The van der Waals surface area contributed by atoms with Gasteiger partial charge in [-0.05, 0) is 0 Å². The second-order valence-electron chi connectivity index (χ2n) is 4.67. The lowest BCUT2D eigenvalue weighted by Gasteiger charge is -2.20. The fraction of sp³-hybridized carbons (Fsp3) is 0.316. The Kier molecular flexibility index (Phi) is 6.81. The standard InChI is InChI=1S/C18H21.CH4/c1-2-3-6-15-18(16-11-7-4-8-12-16)17-13-9-5-10-14-17;/h4-5,7-14H,2-3,6,15H2,1H3;1H4/q-1;. The lowest BCUT2D eigenvalue weighted by atomic mass is 9.91. The zero-order valence-corrected chi connectivity index (χ0v) is 11.1. The summed E-state index contributed by atoms with van der Waals surface area (Å²) in [6.45, 7) is 2.25. The predicted molar refractivity (Wildman–Crippen MR) is 86.8 cm³/mol. The molecular formula is C19H25-. The van der Waals surface area contributed by atoms with E-state index in [1.54, 1.807) is 0 Å². The Morgan fingerprint density at radius 1 is 1.05 bits per heavy atom. The molecular weight excluding hydrogens is 228 g/mol. The second kappa shape index (κ2) is 8.42. The van der Waals surface area contributed by atoms with Gasteiger partial charge in [-0.3, -0.25) is 0 Å². The third-order valence-corrected chi connectivity index (χ3v) is 3.27. The summed E-state index contributed by atoms with van der Waals surface area (Å²) in [5, 5.41) is 0. The molecule has 0 spiro atoms. The Hall–Kier alpha value is -1.69. The maximum absolute atomic E-state index is 2.25. The highest BCUT2D eigenvalue weighted by Gasteiger charge is 2.01. The zero-order chi connectivity index (χ0) is 12.6. The van der Waals surface area contributed by atoms with E-state index >= 15 is 0 Å². The van der Waals surface area contributed by atoms with E-state index < -0.39 is 0 Å². The number of unbranched alkanes of at least 4 members (excludes halogenated alkanes) is 2. The van der Waals surface area contributed by atoms with Gasteiger partial charge in [0.2, 0.25) is 0 Å². The molecule has 19 heavy (non-hydrogen) atoms. The highest BCUT2D eigenvalue weighted by molar-refractivity contribution is 5.74. The van der Waals surface area contributed by atoms with Crippen molar-refractivity contribution in [1.29, 1.82) is 0 Å². The van der Waals surface area contributed by atoms with Crippen molar-refractivity contribution in [3.05, 3.63) is 72.2 Å². The molecule has 0 fully saturated rings. The summed E-state index contributed by atoms with van der Waals surface area (Å²) >= 11 is 0. The molecule has 0 heterocycles. The average molecular weight is 253 g/mol. The number of benzene rings is 1. The van der Waals surface area contributed by atoms with Gasteiger partial charge >= 0.3 is 0 Å². The van der Waals surface area contributed by atoms with E-state index in [-0.39, 0.29) is 7.43 Å². The number of hydrogen-bond acceptors (Lipinski definition) is 0. The van der Waals surface area contributed by atoms with Gasteiger partial charge in [-0.1, -0.05) is 75.9 Å². The van der Waals surface area contributed by atoms with Crippen LogP contribution in [0.5, 0.6) is 0 Å². The van der Waals surface area contributed by atoms with E-state index in [0.717, 1.165) is 0 Å². The van der Waals surface area contributed by atoms with Crippen LogP contribution in [0.3, 0.4) is 0 Å². The van der Waals surface area contributed by atoms with E-state index in [4.69, 9.17) is 0 Å². The van der Waals surface area contributed by atoms with Gasteiger partial charge in [-0.2, -0.15) is 0 Å². The third kappa shape index (κ3) is 4.48. The summed E-state index contributed by atoms with van der Waals surface area (Å²) in [6.07, 6.45) is 15.8. The highest BCUT2D eigenvalue weighted by atomic mass is 14.1. The van der Waals surface area contributed by atoms with Crippen LogP contribution in [0.4, 0.5) is 0 Å². The molecule has 1 aromatic carbocycles. The molecule has 1 aromatic rings. The van der Waals surface area contributed by atoms with Crippen molar-refractivity contribution in [2.45, 2.75) is 40.0 Å². The van der Waals surface area contributed by atoms with Gasteiger partial charge in [0.15, 0.2) is 0 Å². The Morgan fingerprint density at radius 2 is 1.84 bits per heavy atom. The van der Waals surface area contributed by atoms with Crippen molar-refractivity contribution < 1.29 is 0 Å². The lowest BCUT2D eigenvalue weighted by Crippen LogP contribution is -1.93. The van der Waals surface area contributed by atoms with Gasteiger partial charge in [-0.15, -0.1) is 41.9 Å². The molecule has 0 N–H and O–H groups in total. The molecule has 0 radical (unpaired) electrons. The molecule has 1 aliphatic carbocycles. The minimum absolute atomic E-state index is 0. The van der Waals surface area contributed by atoms with E-state index in [9.17, 15) is 0 Å². The topological polar surface area (TPSA) is 0 Å². The number of rotatable bonds is 5. The minimum atomic E-state index is 0. The average Bonchev–Trinajstić information content (AvgIpc) is 2.46. The fourth-order valence-electron chi connectivity index (χ4n) is 2.29. The molecule has 0 bridgehead atoms. The van der Waals surface area contributed by atoms with Gasteiger partial charge in [0.1, 0.15) is 0 Å². The van der Waals surface area contributed by atoms with Crippen LogP contribution in [-0.2, 0) is 0 Å². The second-order valence-corrected chi connectivity index (χ2v) is 4.67. The van der Waals surface area contributed by atoms with Crippen LogP contribution >= 0.6 is 0 Å². The SMILES string of the molecule is C.CCCCCC(=C1C=CC=C[CH-]1)c1ccccc1. The molecule has 102 valence electrons. The van der Waals surface area contributed by atoms with Crippen LogP contribution in [0.25, 0.3) is 5.57 Å². The van der Waals surface area contributed by atoms with E-state index in [2.05, 4.69) is 68.0 Å². The molecule has 0 amide bonds. The zero-order valence-electron chi connectivity index (χ0n) is 11.1. The first-order chi connectivity index (χ1) is 8.92. The van der Waals surface area contributed by atoms with Crippen LogP contribution in [0, 0.1) is 6.42 Å². The van der Waals surface area contributed by atoms with Gasteiger partial charge in [0.05, 0.1) is 0 Å². The molecule has 0 saturated carbocycles. The summed E-state index contributed by atoms with van der Waals surface area (Å²) in [6, 6.07) is 10.8. The summed E-state index contributed by atoms with van der Waals surface area (Å²) in [7, 11) is 0. The lowest BCUT2D eigenvalue weighted by molar-refractivity contribution is 0.734. The van der Waals surface area contributed by atoms with Crippen LogP contribution in [-0.4, -0.2) is 0 Å². The molecule has 0 aliphatic heterocycles. The maximum atomic E-state index is 2.25. The molecule has 0 atom stereocenters. The molecule has 0 aromatic heterocycles. The van der Waals surface area contributed by atoms with Crippen molar-refractivity contribution >= 4 is 5.57 Å². The predicted octanol–water partition coefficient (Wildman–Crippen LogP) is 5.99. The van der Waals surface area contributed by atoms with Gasteiger partial charge in [-0.25, -0.2) is 0 Å². The normalized spacial score (nSPS) is 15.6. The van der Waals surface area contributed by atoms with Crippen LogP contribution < -0.4 is 0 Å². The van der Waals surface area contributed by atoms with Crippen LogP contribution in [0.1, 0.15) is 45.6 Å². The van der Waals surface area contributed by atoms with E-state index in [0.29, 0.717) is 0 Å². The molecule has 0 heteroatoms. The maximum Gasteiger partial charge on any atom is -0.0540 e. The number of hydrogen-bond donors (Lipinski definition) is 0. The van der Waals surface area contributed by atoms with Crippen molar-refractivity contribution in [3.8, 4) is 0 Å². The van der Waals surface area contributed by atoms with Gasteiger partial charge < -0.3 is 0 Å². The molecule has 0 unspecified atom stereocenters. The largest absolute Gasteiger partial charge is 0.145 e. The van der Waals surface area contributed by atoms with Crippen molar-refractivity contribution in [2.24, 2.45) is 0 Å². The molecule has 2 rings (SSSR count). The quantitative estimate of drug-likeness (QED) is 0.447. The summed E-state index contributed by atoms with van der Waals surface area (Å²) in [5.74, 6) is 0. The Bertz CT molecular complexity index is 446. The summed E-state index contributed by atoms with van der Waals surface area (Å²) in [5.41, 5.74) is 4.20. The Morgan fingerprint density at radius 3 is 2.47 bits per heavy atom. The highest BCUT2D eigenvalue weighted by Crippen LogP contribution is 2.28. The van der Waals surface area contributed by atoms with Crippen molar-refractivity contribution in [3.63, 3.8) is 0 Å². The van der Waals surface area contributed by atoms with Crippen molar-refractivity contribution in [2.75, 3.05) is 0 Å². The first-order valence-corrected chi connectivity index (χ1v) is 6.88. The molecule has 0 nitrogen and oxygen atoms in total. The first kappa shape index (κ1) is 15.4. The van der Waals surface area contributed by atoms with Gasteiger partial charge in [0.25, 0.3) is 0 Å². The minimum Gasteiger partial charge on any atom is -0.145 e. The van der Waals surface area contributed by atoms with E-state index in [1.165, 1.54) is 42.4 Å². The third-order valence-electron chi connectivity index (χ3n) is 3.27. The van der Waals surface area contributed by atoms with Crippen molar-refractivity contribution in [1.82, 2.24) is 0 Å².